The van der Waals surface area contributed by atoms with Crippen LogP contribution in [0.1, 0.15) is 22.8 Å². The second kappa shape index (κ2) is 6.60. The van der Waals surface area contributed by atoms with E-state index in [4.69, 9.17) is 9.47 Å². The summed E-state index contributed by atoms with van der Waals surface area (Å²) in [6, 6.07) is 14.0. The lowest BCUT2D eigenvalue weighted by Crippen LogP contribution is -2.21. The maximum Gasteiger partial charge on any atom is 0.125 e. The minimum atomic E-state index is -0.0508. The van der Waals surface area contributed by atoms with Gasteiger partial charge in [-0.1, -0.05) is 40.2 Å². The van der Waals surface area contributed by atoms with Crippen LogP contribution >= 0.6 is 15.9 Å². The van der Waals surface area contributed by atoms with Gasteiger partial charge in [0.05, 0.1) is 13.2 Å². The molecule has 1 heterocycles. The summed E-state index contributed by atoms with van der Waals surface area (Å²) in [5.74, 6) is 0.701. The van der Waals surface area contributed by atoms with Crippen LogP contribution in [-0.4, -0.2) is 18.3 Å². The number of hydrogen-bond donors (Lipinski definition) is 1. The fraction of sp³-hybridized carbons (Fsp3) is 0.294. The van der Waals surface area contributed by atoms with Crippen molar-refractivity contribution in [2.24, 2.45) is 0 Å². The molecule has 110 valence electrons. The summed E-state index contributed by atoms with van der Waals surface area (Å²) in [5.41, 5.74) is 3.30. The molecular weight excluding hydrogens is 332 g/mol. The predicted octanol–water partition coefficient (Wildman–Crippen LogP) is 3.63. The molecule has 1 aliphatic rings. The fourth-order valence-corrected chi connectivity index (χ4v) is 3.00. The van der Waals surface area contributed by atoms with Gasteiger partial charge >= 0.3 is 0 Å². The molecule has 1 N–H and O–H groups in total. The number of fused-ring (bicyclic) bond motifs is 1. The van der Waals surface area contributed by atoms with Gasteiger partial charge in [0.2, 0.25) is 0 Å². The topological polar surface area (TPSA) is 38.7 Å². The van der Waals surface area contributed by atoms with Crippen LogP contribution in [0.25, 0.3) is 0 Å². The quantitative estimate of drug-likeness (QED) is 0.916. The van der Waals surface area contributed by atoms with E-state index in [2.05, 4.69) is 34.1 Å². The average Bonchev–Trinajstić information content (AvgIpc) is 2.53. The fourth-order valence-electron chi connectivity index (χ4n) is 2.59. The average molecular weight is 349 g/mol. The second-order valence-corrected chi connectivity index (χ2v) is 5.95. The molecule has 0 aromatic heterocycles. The van der Waals surface area contributed by atoms with Crippen molar-refractivity contribution >= 4 is 15.9 Å². The summed E-state index contributed by atoms with van der Waals surface area (Å²) in [6.07, 6.45) is 0.900. The summed E-state index contributed by atoms with van der Waals surface area (Å²) in [5, 5.41) is 9.41. The first-order valence-electron chi connectivity index (χ1n) is 6.99. The molecule has 0 radical (unpaired) electrons. The highest BCUT2D eigenvalue weighted by Crippen LogP contribution is 2.29. The predicted molar refractivity (Wildman–Crippen MR) is 84.4 cm³/mol. The molecule has 1 unspecified atom stereocenters. The van der Waals surface area contributed by atoms with Gasteiger partial charge in [-0.2, -0.15) is 0 Å². The van der Waals surface area contributed by atoms with E-state index in [1.807, 2.05) is 24.3 Å². The van der Waals surface area contributed by atoms with E-state index in [1.54, 1.807) is 0 Å². The van der Waals surface area contributed by atoms with E-state index < -0.39 is 0 Å². The van der Waals surface area contributed by atoms with Gasteiger partial charge in [0, 0.05) is 10.0 Å². The molecule has 0 aliphatic carbocycles. The smallest absolute Gasteiger partial charge is 0.125 e. The second-order valence-electron chi connectivity index (χ2n) is 5.03. The van der Waals surface area contributed by atoms with Crippen LogP contribution in [0.3, 0.4) is 0 Å². The Balaban J connectivity index is 1.74. The van der Waals surface area contributed by atoms with Crippen LogP contribution in [-0.2, 0) is 17.8 Å². The summed E-state index contributed by atoms with van der Waals surface area (Å²) < 4.78 is 12.6. The molecule has 0 fully saturated rings. The third kappa shape index (κ3) is 3.28. The highest BCUT2D eigenvalue weighted by molar-refractivity contribution is 9.10. The maximum atomic E-state index is 9.41. The first-order chi connectivity index (χ1) is 10.3. The summed E-state index contributed by atoms with van der Waals surface area (Å²) in [6.45, 7) is 1.13. The molecule has 0 bridgehead atoms. The van der Waals surface area contributed by atoms with E-state index in [-0.39, 0.29) is 12.7 Å². The molecule has 3 nitrogen and oxygen atoms in total. The van der Waals surface area contributed by atoms with Crippen molar-refractivity contribution in [3.8, 4) is 5.75 Å². The Bertz CT molecular complexity index is 627. The van der Waals surface area contributed by atoms with Crippen molar-refractivity contribution in [2.75, 3.05) is 13.2 Å². The Morgan fingerprint density at radius 2 is 2.10 bits per heavy atom. The molecule has 2 aromatic carbocycles. The van der Waals surface area contributed by atoms with Crippen LogP contribution in [0, 0.1) is 0 Å². The van der Waals surface area contributed by atoms with Crippen molar-refractivity contribution in [1.82, 2.24) is 0 Å². The number of benzene rings is 2. The van der Waals surface area contributed by atoms with Gasteiger partial charge in [-0.05, 0) is 35.7 Å². The highest BCUT2D eigenvalue weighted by atomic mass is 79.9. The SMILES string of the molecule is OCc1cc(Br)ccc1OCC1OCCc2ccccc21. The number of rotatable bonds is 4. The van der Waals surface area contributed by atoms with Crippen molar-refractivity contribution in [2.45, 2.75) is 19.1 Å². The zero-order chi connectivity index (χ0) is 14.7. The largest absolute Gasteiger partial charge is 0.490 e. The standard InChI is InChI=1S/C17H17BrO3/c18-14-5-6-16(13(9-14)10-19)21-11-17-15-4-2-1-3-12(15)7-8-20-17/h1-6,9,17,19H,7-8,10-11H2. The lowest BCUT2D eigenvalue weighted by Gasteiger charge is -2.26. The minimum absolute atomic E-state index is 0.0448. The van der Waals surface area contributed by atoms with E-state index in [1.165, 1.54) is 11.1 Å². The number of hydrogen-bond acceptors (Lipinski definition) is 3. The van der Waals surface area contributed by atoms with Crippen molar-refractivity contribution < 1.29 is 14.6 Å². The lowest BCUT2D eigenvalue weighted by atomic mass is 9.98. The first kappa shape index (κ1) is 14.6. The molecular formula is C17H17BrO3. The molecule has 4 heteroatoms. The molecule has 21 heavy (non-hydrogen) atoms. The van der Waals surface area contributed by atoms with Gasteiger partial charge in [-0.3, -0.25) is 0 Å². The first-order valence-corrected chi connectivity index (χ1v) is 7.78. The van der Waals surface area contributed by atoms with Crippen molar-refractivity contribution in [1.29, 1.82) is 0 Å². The summed E-state index contributed by atoms with van der Waals surface area (Å²) >= 11 is 3.39. The molecule has 0 saturated heterocycles. The van der Waals surface area contributed by atoms with Crippen LogP contribution in [0.2, 0.25) is 0 Å². The molecule has 1 atom stereocenters. The number of aliphatic hydroxyl groups excluding tert-OH is 1. The molecule has 1 aliphatic heterocycles. The number of ether oxygens (including phenoxy) is 2. The Kier molecular flexibility index (Phi) is 4.58. The Hall–Kier alpha value is -1.36. The van der Waals surface area contributed by atoms with Gasteiger partial charge in [0.1, 0.15) is 18.5 Å². The summed E-state index contributed by atoms with van der Waals surface area (Å²) in [7, 11) is 0. The number of halogens is 1. The van der Waals surface area contributed by atoms with E-state index in [9.17, 15) is 5.11 Å². The zero-order valence-electron chi connectivity index (χ0n) is 11.6. The highest BCUT2D eigenvalue weighted by Gasteiger charge is 2.21. The van der Waals surface area contributed by atoms with Gasteiger partial charge < -0.3 is 14.6 Å². The minimum Gasteiger partial charge on any atom is -0.490 e. The lowest BCUT2D eigenvalue weighted by molar-refractivity contribution is 0.00973. The Morgan fingerprint density at radius 1 is 1.24 bits per heavy atom. The van der Waals surface area contributed by atoms with Crippen molar-refractivity contribution in [3.05, 3.63) is 63.6 Å². The van der Waals surface area contributed by atoms with Gasteiger partial charge in [0.15, 0.2) is 0 Å². The Morgan fingerprint density at radius 3 is 2.95 bits per heavy atom. The van der Waals surface area contributed by atoms with Crippen LogP contribution in [0.4, 0.5) is 0 Å². The summed E-state index contributed by atoms with van der Waals surface area (Å²) in [4.78, 5) is 0. The Labute approximate surface area is 132 Å². The van der Waals surface area contributed by atoms with Crippen LogP contribution < -0.4 is 4.74 Å². The van der Waals surface area contributed by atoms with Gasteiger partial charge in [0.25, 0.3) is 0 Å². The van der Waals surface area contributed by atoms with E-state index >= 15 is 0 Å². The molecule has 0 amide bonds. The third-order valence-electron chi connectivity index (χ3n) is 3.68. The third-order valence-corrected chi connectivity index (χ3v) is 4.17. The maximum absolute atomic E-state index is 9.41. The normalized spacial score (nSPS) is 17.3. The van der Waals surface area contributed by atoms with E-state index in [0.717, 1.165) is 23.1 Å². The van der Waals surface area contributed by atoms with Gasteiger partial charge in [-0.15, -0.1) is 0 Å². The number of aliphatic hydroxyl groups is 1. The van der Waals surface area contributed by atoms with E-state index in [0.29, 0.717) is 12.4 Å². The van der Waals surface area contributed by atoms with Crippen LogP contribution in [0.15, 0.2) is 46.9 Å². The van der Waals surface area contributed by atoms with Gasteiger partial charge in [-0.25, -0.2) is 0 Å². The molecule has 0 saturated carbocycles. The van der Waals surface area contributed by atoms with Crippen molar-refractivity contribution in [3.63, 3.8) is 0 Å². The monoisotopic (exact) mass is 348 g/mol. The molecule has 2 aromatic rings. The zero-order valence-corrected chi connectivity index (χ0v) is 13.2. The molecule has 0 spiro atoms. The van der Waals surface area contributed by atoms with Crippen LogP contribution in [0.5, 0.6) is 5.75 Å². The molecule has 3 rings (SSSR count).